The summed E-state index contributed by atoms with van der Waals surface area (Å²) < 4.78 is 5.49. The van der Waals surface area contributed by atoms with Crippen LogP contribution in [-0.2, 0) is 0 Å². The van der Waals surface area contributed by atoms with E-state index in [1.807, 2.05) is 0 Å². The topological polar surface area (TPSA) is 66.8 Å². The number of hydrogen-bond donors (Lipinski definition) is 1. The molecule has 1 atom stereocenters. The number of hydrogen-bond acceptors (Lipinski definition) is 4. The number of carbonyl (C=O) groups excluding carboxylic acids is 2. The van der Waals surface area contributed by atoms with Gasteiger partial charge < -0.3 is 14.7 Å². The molecule has 0 radical (unpaired) electrons. The molecule has 2 aromatic carbocycles. The molecule has 1 aliphatic heterocycles. The van der Waals surface area contributed by atoms with Gasteiger partial charge in [0, 0.05) is 24.6 Å². The van der Waals surface area contributed by atoms with E-state index in [0.29, 0.717) is 43.0 Å². The van der Waals surface area contributed by atoms with E-state index >= 15 is 0 Å². The molecule has 148 valence electrons. The Morgan fingerprint density at radius 1 is 1.21 bits per heavy atom. The van der Waals surface area contributed by atoms with Crippen molar-refractivity contribution in [2.45, 2.75) is 20.3 Å². The third kappa shape index (κ3) is 4.80. The summed E-state index contributed by atoms with van der Waals surface area (Å²) in [4.78, 5) is 27.4. The molecule has 5 nitrogen and oxygen atoms in total. The average molecular weight is 381 g/mol. The standard InChI is InChI=1S/C22H23NO4.CH4/c1-2-13-27-18-9-5-7-16(14-18)22(26)23-12-6-8-17(15-23)21(25)19-10-3-4-11-20(19)24;/h2-5,7,9-11,14,17,24H,1,6,8,12-13,15H2;1H4. The predicted molar refractivity (Wildman–Crippen MR) is 110 cm³/mol. The van der Waals surface area contributed by atoms with Crippen molar-refractivity contribution >= 4 is 11.7 Å². The summed E-state index contributed by atoms with van der Waals surface area (Å²) in [6.07, 6.45) is 3.11. The molecule has 1 amide bonds. The van der Waals surface area contributed by atoms with E-state index in [0.717, 1.165) is 6.42 Å². The van der Waals surface area contributed by atoms with Crippen molar-refractivity contribution in [1.29, 1.82) is 0 Å². The smallest absolute Gasteiger partial charge is 0.254 e. The normalized spacial score (nSPS) is 16.0. The maximum atomic E-state index is 12.9. The summed E-state index contributed by atoms with van der Waals surface area (Å²) in [6, 6.07) is 13.6. The van der Waals surface area contributed by atoms with Crippen LogP contribution < -0.4 is 4.74 Å². The molecular formula is C23H27NO4. The van der Waals surface area contributed by atoms with E-state index in [2.05, 4.69) is 6.58 Å². The maximum Gasteiger partial charge on any atom is 0.254 e. The largest absolute Gasteiger partial charge is 0.507 e. The molecular weight excluding hydrogens is 354 g/mol. The molecule has 0 aromatic heterocycles. The fraction of sp³-hybridized carbons (Fsp3) is 0.304. The Balaban J connectivity index is 0.00000280. The van der Waals surface area contributed by atoms with Crippen molar-refractivity contribution in [3.05, 3.63) is 72.3 Å². The fourth-order valence-corrected chi connectivity index (χ4v) is 3.33. The number of phenolic OH excluding ortho intramolecular Hbond substituents is 1. The molecule has 2 aromatic rings. The lowest BCUT2D eigenvalue weighted by molar-refractivity contribution is 0.0636. The Bertz CT molecular complexity index is 846. The summed E-state index contributed by atoms with van der Waals surface area (Å²) in [5.41, 5.74) is 0.851. The molecule has 1 saturated heterocycles. The Morgan fingerprint density at radius 2 is 2.00 bits per heavy atom. The number of para-hydroxylation sites is 1. The SMILES string of the molecule is C.C=CCOc1cccc(C(=O)N2CCCC(C(=O)c3ccccc3O)C2)c1. The minimum absolute atomic E-state index is 0. The van der Waals surface area contributed by atoms with Gasteiger partial charge in [-0.25, -0.2) is 0 Å². The van der Waals surface area contributed by atoms with Crippen LogP contribution in [0, 0.1) is 5.92 Å². The highest BCUT2D eigenvalue weighted by molar-refractivity contribution is 6.01. The Labute approximate surface area is 166 Å². The lowest BCUT2D eigenvalue weighted by atomic mass is 9.89. The first-order chi connectivity index (χ1) is 13.1. The number of carbonyl (C=O) groups is 2. The van der Waals surface area contributed by atoms with Gasteiger partial charge in [0.1, 0.15) is 18.1 Å². The number of rotatable bonds is 6. The Hall–Kier alpha value is -3.08. The van der Waals surface area contributed by atoms with Crippen molar-refractivity contribution in [3.63, 3.8) is 0 Å². The van der Waals surface area contributed by atoms with Gasteiger partial charge in [0.2, 0.25) is 0 Å². The van der Waals surface area contributed by atoms with Crippen LogP contribution in [0.1, 0.15) is 41.0 Å². The highest BCUT2D eigenvalue weighted by Crippen LogP contribution is 2.26. The number of amides is 1. The number of ether oxygens (including phenoxy) is 1. The van der Waals surface area contributed by atoms with E-state index in [4.69, 9.17) is 4.74 Å². The van der Waals surface area contributed by atoms with Gasteiger partial charge in [0.15, 0.2) is 5.78 Å². The lowest BCUT2D eigenvalue weighted by Crippen LogP contribution is -2.42. The van der Waals surface area contributed by atoms with Gasteiger partial charge in [-0.15, -0.1) is 0 Å². The number of phenols is 1. The minimum atomic E-state index is -0.309. The first kappa shape index (κ1) is 21.2. The van der Waals surface area contributed by atoms with Crippen molar-refractivity contribution in [3.8, 4) is 11.5 Å². The summed E-state index contributed by atoms with van der Waals surface area (Å²) in [7, 11) is 0. The average Bonchev–Trinajstić information content (AvgIpc) is 2.72. The van der Waals surface area contributed by atoms with Crippen molar-refractivity contribution in [2.24, 2.45) is 5.92 Å². The number of nitrogens with zero attached hydrogens (tertiary/aromatic N) is 1. The number of benzene rings is 2. The van der Waals surface area contributed by atoms with Crippen molar-refractivity contribution in [2.75, 3.05) is 19.7 Å². The third-order valence-corrected chi connectivity index (χ3v) is 4.70. The molecule has 3 rings (SSSR count). The van der Waals surface area contributed by atoms with E-state index < -0.39 is 0 Å². The summed E-state index contributed by atoms with van der Waals surface area (Å²) in [5, 5.41) is 9.94. The summed E-state index contributed by atoms with van der Waals surface area (Å²) in [6.45, 7) is 4.95. The van der Waals surface area contributed by atoms with Crippen LogP contribution in [-0.4, -0.2) is 41.4 Å². The van der Waals surface area contributed by atoms with Crippen LogP contribution >= 0.6 is 0 Å². The van der Waals surface area contributed by atoms with Crippen molar-refractivity contribution < 1.29 is 19.4 Å². The second-order valence-electron chi connectivity index (χ2n) is 6.60. The van der Waals surface area contributed by atoms with Crippen LogP contribution in [0.25, 0.3) is 0 Å². The molecule has 1 fully saturated rings. The van der Waals surface area contributed by atoms with E-state index in [1.165, 1.54) is 6.07 Å². The van der Waals surface area contributed by atoms with Crippen LogP contribution in [0.3, 0.4) is 0 Å². The Morgan fingerprint density at radius 3 is 2.75 bits per heavy atom. The zero-order chi connectivity index (χ0) is 19.2. The first-order valence-electron chi connectivity index (χ1n) is 9.05. The van der Waals surface area contributed by atoms with Crippen molar-refractivity contribution in [1.82, 2.24) is 4.90 Å². The molecule has 0 spiro atoms. The van der Waals surface area contributed by atoms with Gasteiger partial charge in [-0.1, -0.05) is 38.3 Å². The fourth-order valence-electron chi connectivity index (χ4n) is 3.33. The summed E-state index contributed by atoms with van der Waals surface area (Å²) in [5.74, 6) is 0.0521. The summed E-state index contributed by atoms with van der Waals surface area (Å²) >= 11 is 0. The zero-order valence-electron chi connectivity index (χ0n) is 15.1. The second kappa shape index (κ2) is 9.74. The lowest BCUT2D eigenvalue weighted by Gasteiger charge is -2.32. The van der Waals surface area contributed by atoms with Gasteiger partial charge >= 0.3 is 0 Å². The molecule has 1 heterocycles. The van der Waals surface area contributed by atoms with Crippen LogP contribution in [0.2, 0.25) is 0 Å². The van der Waals surface area contributed by atoms with E-state index in [1.54, 1.807) is 53.4 Å². The number of ketones is 1. The number of Topliss-reactive ketones (excluding diaryl/α,β-unsaturated/α-hetero) is 1. The zero-order valence-corrected chi connectivity index (χ0v) is 15.1. The molecule has 1 N–H and O–H groups in total. The number of aromatic hydroxyl groups is 1. The van der Waals surface area contributed by atoms with Crippen LogP contribution in [0.4, 0.5) is 0 Å². The molecule has 1 aliphatic rings. The van der Waals surface area contributed by atoms with Gasteiger partial charge in [-0.05, 0) is 43.2 Å². The minimum Gasteiger partial charge on any atom is -0.507 e. The first-order valence-corrected chi connectivity index (χ1v) is 9.05. The highest BCUT2D eigenvalue weighted by atomic mass is 16.5. The number of piperidine rings is 1. The monoisotopic (exact) mass is 381 g/mol. The molecule has 5 heteroatoms. The van der Waals surface area contributed by atoms with Gasteiger partial charge in [-0.2, -0.15) is 0 Å². The van der Waals surface area contributed by atoms with Gasteiger partial charge in [-0.3, -0.25) is 9.59 Å². The molecule has 0 bridgehead atoms. The second-order valence-corrected chi connectivity index (χ2v) is 6.60. The van der Waals surface area contributed by atoms with E-state index in [9.17, 15) is 14.7 Å². The number of likely N-dealkylation sites (tertiary alicyclic amines) is 1. The van der Waals surface area contributed by atoms with E-state index in [-0.39, 0.29) is 30.8 Å². The van der Waals surface area contributed by atoms with Gasteiger partial charge in [0.25, 0.3) is 5.91 Å². The molecule has 0 saturated carbocycles. The third-order valence-electron chi connectivity index (χ3n) is 4.70. The Kier molecular flexibility index (Phi) is 7.38. The molecule has 0 aliphatic carbocycles. The maximum absolute atomic E-state index is 12.9. The van der Waals surface area contributed by atoms with Crippen LogP contribution in [0.5, 0.6) is 11.5 Å². The van der Waals surface area contributed by atoms with Gasteiger partial charge in [0.05, 0.1) is 5.56 Å². The van der Waals surface area contributed by atoms with Crippen LogP contribution in [0.15, 0.2) is 61.2 Å². The quantitative estimate of drug-likeness (QED) is 0.597. The highest BCUT2D eigenvalue weighted by Gasteiger charge is 2.30. The molecule has 28 heavy (non-hydrogen) atoms. The predicted octanol–water partition coefficient (Wildman–Crippen LogP) is 4.33. The molecule has 1 unspecified atom stereocenters.